The van der Waals surface area contributed by atoms with Crippen molar-refractivity contribution in [2.24, 2.45) is 0 Å². The van der Waals surface area contributed by atoms with Crippen LogP contribution in [0.15, 0.2) is 36.5 Å². The molecule has 0 saturated carbocycles. The van der Waals surface area contributed by atoms with Gasteiger partial charge in [-0.25, -0.2) is 4.98 Å². The summed E-state index contributed by atoms with van der Waals surface area (Å²) in [7, 11) is 0. The van der Waals surface area contributed by atoms with E-state index in [1.165, 1.54) is 0 Å². The summed E-state index contributed by atoms with van der Waals surface area (Å²) in [4.78, 5) is 4.32. The molecule has 0 aliphatic heterocycles. The molecule has 1 aromatic carbocycles. The normalized spacial score (nSPS) is 11.5. The Balaban J connectivity index is 2.11. The first-order chi connectivity index (χ1) is 9.85. The SMILES string of the molecule is Cc1ccccc1Oc1ncc(CNC(C)(C)C)cc1Cl. The maximum Gasteiger partial charge on any atom is 0.238 e. The lowest BCUT2D eigenvalue weighted by Gasteiger charge is -2.20. The molecule has 0 radical (unpaired) electrons. The fourth-order valence-corrected chi connectivity index (χ4v) is 2.01. The fourth-order valence-electron chi connectivity index (χ4n) is 1.78. The monoisotopic (exact) mass is 304 g/mol. The number of ether oxygens (including phenoxy) is 1. The van der Waals surface area contributed by atoms with E-state index in [2.05, 4.69) is 31.1 Å². The highest BCUT2D eigenvalue weighted by Gasteiger charge is 2.11. The van der Waals surface area contributed by atoms with Crippen molar-refractivity contribution in [2.75, 3.05) is 0 Å². The van der Waals surface area contributed by atoms with Crippen LogP contribution in [-0.2, 0) is 6.54 Å². The Morgan fingerprint density at radius 2 is 1.95 bits per heavy atom. The summed E-state index contributed by atoms with van der Waals surface area (Å²) in [5, 5.41) is 3.92. The highest BCUT2D eigenvalue weighted by molar-refractivity contribution is 6.31. The lowest BCUT2D eigenvalue weighted by molar-refractivity contribution is 0.423. The van der Waals surface area contributed by atoms with E-state index in [9.17, 15) is 0 Å². The predicted octanol–water partition coefficient (Wildman–Crippen LogP) is 4.72. The third-order valence-electron chi connectivity index (χ3n) is 2.99. The van der Waals surface area contributed by atoms with E-state index in [-0.39, 0.29) is 5.54 Å². The Morgan fingerprint density at radius 1 is 1.24 bits per heavy atom. The lowest BCUT2D eigenvalue weighted by Crippen LogP contribution is -2.35. The van der Waals surface area contributed by atoms with Crippen molar-refractivity contribution in [1.82, 2.24) is 10.3 Å². The van der Waals surface area contributed by atoms with Crippen molar-refractivity contribution in [2.45, 2.75) is 39.8 Å². The van der Waals surface area contributed by atoms with Gasteiger partial charge in [-0.05, 0) is 51.0 Å². The number of nitrogens with zero attached hydrogens (tertiary/aromatic N) is 1. The van der Waals surface area contributed by atoms with Gasteiger partial charge in [-0.3, -0.25) is 0 Å². The Kier molecular flexibility index (Phi) is 4.86. The molecule has 0 bridgehead atoms. The molecule has 0 amide bonds. The van der Waals surface area contributed by atoms with E-state index in [4.69, 9.17) is 16.3 Å². The van der Waals surface area contributed by atoms with Gasteiger partial charge in [0.1, 0.15) is 10.8 Å². The number of hydrogen-bond acceptors (Lipinski definition) is 3. The molecule has 112 valence electrons. The van der Waals surface area contributed by atoms with Crippen LogP contribution < -0.4 is 10.1 Å². The molecule has 0 unspecified atom stereocenters. The first-order valence-corrected chi connectivity index (χ1v) is 7.36. The topological polar surface area (TPSA) is 34.1 Å². The molecule has 4 heteroatoms. The zero-order chi connectivity index (χ0) is 15.5. The minimum Gasteiger partial charge on any atom is -0.437 e. The van der Waals surface area contributed by atoms with Crippen LogP contribution in [0.4, 0.5) is 0 Å². The van der Waals surface area contributed by atoms with Crippen LogP contribution in [0.25, 0.3) is 0 Å². The molecule has 21 heavy (non-hydrogen) atoms. The van der Waals surface area contributed by atoms with Gasteiger partial charge in [0.15, 0.2) is 0 Å². The Morgan fingerprint density at radius 3 is 2.57 bits per heavy atom. The van der Waals surface area contributed by atoms with Gasteiger partial charge >= 0.3 is 0 Å². The van der Waals surface area contributed by atoms with E-state index < -0.39 is 0 Å². The van der Waals surface area contributed by atoms with Crippen LogP contribution in [0.3, 0.4) is 0 Å². The zero-order valence-electron chi connectivity index (χ0n) is 12.9. The molecule has 0 fully saturated rings. The average molecular weight is 305 g/mol. The Labute approximate surface area is 131 Å². The number of aryl methyl sites for hydroxylation is 1. The highest BCUT2D eigenvalue weighted by Crippen LogP contribution is 2.29. The number of halogens is 1. The van der Waals surface area contributed by atoms with E-state index in [0.29, 0.717) is 10.9 Å². The first kappa shape index (κ1) is 15.8. The summed E-state index contributed by atoms with van der Waals surface area (Å²) in [5.41, 5.74) is 2.14. The maximum atomic E-state index is 6.27. The number of aromatic nitrogens is 1. The van der Waals surface area contributed by atoms with Crippen molar-refractivity contribution in [3.05, 3.63) is 52.7 Å². The van der Waals surface area contributed by atoms with E-state index >= 15 is 0 Å². The summed E-state index contributed by atoms with van der Waals surface area (Å²) < 4.78 is 5.78. The molecule has 3 nitrogen and oxygen atoms in total. The van der Waals surface area contributed by atoms with Crippen molar-refractivity contribution in [3.8, 4) is 11.6 Å². The van der Waals surface area contributed by atoms with Gasteiger partial charge in [-0.1, -0.05) is 29.8 Å². The number of pyridine rings is 1. The Bertz CT molecular complexity index is 620. The zero-order valence-corrected chi connectivity index (χ0v) is 13.7. The van der Waals surface area contributed by atoms with Gasteiger partial charge in [0, 0.05) is 18.3 Å². The van der Waals surface area contributed by atoms with Crippen LogP contribution in [0, 0.1) is 6.92 Å². The Hall–Kier alpha value is -1.58. The van der Waals surface area contributed by atoms with Gasteiger partial charge in [0.25, 0.3) is 0 Å². The second-order valence-corrected chi connectivity index (χ2v) is 6.51. The van der Waals surface area contributed by atoms with Crippen molar-refractivity contribution < 1.29 is 4.74 Å². The first-order valence-electron chi connectivity index (χ1n) is 6.98. The molecule has 0 saturated heterocycles. The summed E-state index contributed by atoms with van der Waals surface area (Å²) in [6.07, 6.45) is 1.79. The molecule has 0 atom stereocenters. The molecule has 2 aromatic rings. The number of rotatable bonds is 4. The van der Waals surface area contributed by atoms with Gasteiger partial charge in [-0.15, -0.1) is 0 Å². The standard InChI is InChI=1S/C17H21ClN2O/c1-12-7-5-6-8-15(12)21-16-14(18)9-13(10-19-16)11-20-17(2,3)4/h5-10,20H,11H2,1-4H3. The van der Waals surface area contributed by atoms with Crippen LogP contribution in [0.5, 0.6) is 11.6 Å². The summed E-state index contributed by atoms with van der Waals surface area (Å²) in [5.74, 6) is 1.21. The van der Waals surface area contributed by atoms with Crippen LogP contribution in [0.2, 0.25) is 5.02 Å². The van der Waals surface area contributed by atoms with Crippen LogP contribution in [0.1, 0.15) is 31.9 Å². The highest BCUT2D eigenvalue weighted by atomic mass is 35.5. The van der Waals surface area contributed by atoms with Crippen LogP contribution >= 0.6 is 11.6 Å². The summed E-state index contributed by atoms with van der Waals surface area (Å²) >= 11 is 6.27. The number of hydrogen-bond donors (Lipinski definition) is 1. The minimum absolute atomic E-state index is 0.0583. The van der Waals surface area contributed by atoms with Gasteiger partial charge in [-0.2, -0.15) is 0 Å². The van der Waals surface area contributed by atoms with Crippen molar-refractivity contribution in [3.63, 3.8) is 0 Å². The van der Waals surface area contributed by atoms with Crippen LogP contribution in [-0.4, -0.2) is 10.5 Å². The van der Waals surface area contributed by atoms with E-state index in [1.54, 1.807) is 6.20 Å². The third kappa shape index (κ3) is 4.73. The molecular formula is C17H21ClN2O. The molecule has 0 aliphatic rings. The fraction of sp³-hybridized carbons (Fsp3) is 0.353. The molecule has 0 aliphatic carbocycles. The lowest BCUT2D eigenvalue weighted by atomic mass is 10.1. The smallest absolute Gasteiger partial charge is 0.238 e. The molecule has 1 heterocycles. The molecule has 2 rings (SSSR count). The minimum atomic E-state index is 0.0583. The maximum absolute atomic E-state index is 6.27. The van der Waals surface area contributed by atoms with Crippen molar-refractivity contribution >= 4 is 11.6 Å². The molecule has 1 aromatic heterocycles. The third-order valence-corrected chi connectivity index (χ3v) is 3.26. The molecule has 1 N–H and O–H groups in total. The predicted molar refractivity (Wildman–Crippen MR) is 87.1 cm³/mol. The van der Waals surface area contributed by atoms with Crippen molar-refractivity contribution in [1.29, 1.82) is 0 Å². The summed E-state index contributed by atoms with van der Waals surface area (Å²) in [6.45, 7) is 9.08. The number of benzene rings is 1. The largest absolute Gasteiger partial charge is 0.437 e. The van der Waals surface area contributed by atoms with E-state index in [1.807, 2.05) is 37.3 Å². The van der Waals surface area contributed by atoms with Gasteiger partial charge in [0.05, 0.1) is 0 Å². The second kappa shape index (κ2) is 6.46. The number of para-hydroxylation sites is 1. The van der Waals surface area contributed by atoms with Gasteiger partial charge < -0.3 is 10.1 Å². The quantitative estimate of drug-likeness (QED) is 0.887. The van der Waals surface area contributed by atoms with Gasteiger partial charge in [0.2, 0.25) is 5.88 Å². The average Bonchev–Trinajstić information content (AvgIpc) is 2.41. The number of nitrogens with one attached hydrogen (secondary N) is 1. The molecule has 0 spiro atoms. The second-order valence-electron chi connectivity index (χ2n) is 6.10. The molecular weight excluding hydrogens is 284 g/mol. The summed E-state index contributed by atoms with van der Waals surface area (Å²) in [6, 6.07) is 9.69. The van der Waals surface area contributed by atoms with E-state index in [0.717, 1.165) is 23.4 Å².